The maximum atomic E-state index is 13.3. The van der Waals surface area contributed by atoms with Crippen LogP contribution in [0.25, 0.3) is 0 Å². The lowest BCUT2D eigenvalue weighted by Crippen LogP contribution is -2.35. The smallest absolute Gasteiger partial charge is 0.123 e. The van der Waals surface area contributed by atoms with Gasteiger partial charge in [-0.05, 0) is 55.2 Å². The molecular formula is C19H24FNO3. The van der Waals surface area contributed by atoms with Gasteiger partial charge in [-0.1, -0.05) is 6.07 Å². The highest BCUT2D eigenvalue weighted by molar-refractivity contribution is 5.28. The van der Waals surface area contributed by atoms with E-state index < -0.39 is 6.10 Å². The summed E-state index contributed by atoms with van der Waals surface area (Å²) in [5, 5.41) is 10.6. The van der Waals surface area contributed by atoms with Gasteiger partial charge in [-0.25, -0.2) is 4.39 Å². The highest BCUT2D eigenvalue weighted by atomic mass is 19.1. The van der Waals surface area contributed by atoms with Crippen molar-refractivity contribution in [3.8, 4) is 0 Å². The second-order valence-corrected chi connectivity index (χ2v) is 6.43. The van der Waals surface area contributed by atoms with Crippen LogP contribution in [0.4, 0.5) is 4.39 Å². The standard InChI is InChI=1S/C19H24FNO3/c1-14-10-15(20)6-7-18(14)19(22)13-21(11-16-4-2-8-23-16)12-17-5-3-9-24-17/h2,4,6-8,10,17,19,22H,3,5,9,11-13H2,1H3. The van der Waals surface area contributed by atoms with Crippen molar-refractivity contribution in [1.82, 2.24) is 4.90 Å². The van der Waals surface area contributed by atoms with Gasteiger partial charge in [-0.15, -0.1) is 0 Å². The van der Waals surface area contributed by atoms with Gasteiger partial charge < -0.3 is 14.3 Å². The summed E-state index contributed by atoms with van der Waals surface area (Å²) in [5.41, 5.74) is 1.52. The average Bonchev–Trinajstić information content (AvgIpc) is 3.20. The van der Waals surface area contributed by atoms with E-state index in [9.17, 15) is 9.50 Å². The molecule has 0 amide bonds. The number of hydrogen-bond donors (Lipinski definition) is 1. The summed E-state index contributed by atoms with van der Waals surface area (Å²) in [5.74, 6) is 0.575. The third kappa shape index (κ3) is 4.44. The Labute approximate surface area is 141 Å². The molecule has 0 saturated carbocycles. The number of rotatable bonds is 7. The maximum Gasteiger partial charge on any atom is 0.123 e. The number of nitrogens with zero attached hydrogens (tertiary/aromatic N) is 1. The van der Waals surface area contributed by atoms with Gasteiger partial charge in [0.1, 0.15) is 11.6 Å². The quantitative estimate of drug-likeness (QED) is 0.843. The molecule has 2 atom stereocenters. The molecule has 0 aliphatic carbocycles. The first-order chi connectivity index (χ1) is 11.6. The highest BCUT2D eigenvalue weighted by Gasteiger charge is 2.23. The van der Waals surface area contributed by atoms with Gasteiger partial charge in [-0.3, -0.25) is 4.90 Å². The van der Waals surface area contributed by atoms with Gasteiger partial charge in [0.25, 0.3) is 0 Å². The fraction of sp³-hybridized carbons (Fsp3) is 0.474. The van der Waals surface area contributed by atoms with E-state index in [1.807, 2.05) is 19.1 Å². The number of halogens is 1. The Morgan fingerprint density at radius 1 is 1.38 bits per heavy atom. The first-order valence-electron chi connectivity index (χ1n) is 8.42. The fourth-order valence-corrected chi connectivity index (χ4v) is 3.26. The third-order valence-corrected chi connectivity index (χ3v) is 4.47. The first kappa shape index (κ1) is 17.1. The van der Waals surface area contributed by atoms with Crippen molar-refractivity contribution in [2.75, 3.05) is 19.7 Å². The van der Waals surface area contributed by atoms with Crippen molar-refractivity contribution < 1.29 is 18.7 Å². The van der Waals surface area contributed by atoms with Crippen molar-refractivity contribution in [1.29, 1.82) is 0 Å². The van der Waals surface area contributed by atoms with Crippen LogP contribution in [0.15, 0.2) is 41.0 Å². The summed E-state index contributed by atoms with van der Waals surface area (Å²) >= 11 is 0. The second kappa shape index (κ2) is 7.92. The van der Waals surface area contributed by atoms with E-state index in [-0.39, 0.29) is 11.9 Å². The molecule has 0 bridgehead atoms. The van der Waals surface area contributed by atoms with Gasteiger partial charge in [0.05, 0.1) is 25.0 Å². The molecule has 3 rings (SSSR count). The molecular weight excluding hydrogens is 309 g/mol. The molecule has 1 aliphatic rings. The molecule has 2 heterocycles. The Kier molecular flexibility index (Phi) is 5.66. The predicted molar refractivity (Wildman–Crippen MR) is 89.1 cm³/mol. The summed E-state index contributed by atoms with van der Waals surface area (Å²) in [6, 6.07) is 8.29. The monoisotopic (exact) mass is 333 g/mol. The Morgan fingerprint density at radius 2 is 2.25 bits per heavy atom. The van der Waals surface area contributed by atoms with Crippen molar-refractivity contribution in [2.45, 2.75) is 38.5 Å². The van der Waals surface area contributed by atoms with E-state index in [0.717, 1.165) is 42.9 Å². The summed E-state index contributed by atoms with van der Waals surface area (Å²) < 4.78 is 24.4. The lowest BCUT2D eigenvalue weighted by Gasteiger charge is -2.27. The minimum Gasteiger partial charge on any atom is -0.468 e. The molecule has 24 heavy (non-hydrogen) atoms. The van der Waals surface area contributed by atoms with Crippen LogP contribution < -0.4 is 0 Å². The zero-order valence-electron chi connectivity index (χ0n) is 14.0. The Bertz CT molecular complexity index is 638. The number of aliphatic hydroxyl groups excluding tert-OH is 1. The van der Waals surface area contributed by atoms with Crippen LogP contribution in [0.1, 0.15) is 35.8 Å². The molecule has 1 aromatic carbocycles. The molecule has 2 unspecified atom stereocenters. The van der Waals surface area contributed by atoms with Gasteiger partial charge in [0.15, 0.2) is 0 Å². The molecule has 0 radical (unpaired) electrons. The summed E-state index contributed by atoms with van der Waals surface area (Å²) in [6.07, 6.45) is 3.29. The van der Waals surface area contributed by atoms with Gasteiger partial charge in [0.2, 0.25) is 0 Å². The molecule has 130 valence electrons. The normalized spacial score (nSPS) is 19.1. The van der Waals surface area contributed by atoms with Crippen LogP contribution in [0.2, 0.25) is 0 Å². The maximum absolute atomic E-state index is 13.3. The van der Waals surface area contributed by atoms with E-state index in [1.54, 1.807) is 12.3 Å². The van der Waals surface area contributed by atoms with Gasteiger partial charge >= 0.3 is 0 Å². The predicted octanol–water partition coefficient (Wildman–Crippen LogP) is 3.44. The van der Waals surface area contributed by atoms with E-state index in [4.69, 9.17) is 9.15 Å². The van der Waals surface area contributed by atoms with Crippen molar-refractivity contribution >= 4 is 0 Å². The summed E-state index contributed by atoms with van der Waals surface area (Å²) in [7, 11) is 0. The Hall–Kier alpha value is -1.69. The Morgan fingerprint density at radius 3 is 2.92 bits per heavy atom. The molecule has 2 aromatic rings. The number of furan rings is 1. The van der Waals surface area contributed by atoms with Crippen LogP contribution in [0.5, 0.6) is 0 Å². The number of aliphatic hydroxyl groups is 1. The largest absolute Gasteiger partial charge is 0.468 e. The van der Waals surface area contributed by atoms with Crippen LogP contribution >= 0.6 is 0 Å². The minimum atomic E-state index is -0.679. The highest BCUT2D eigenvalue weighted by Crippen LogP contribution is 2.22. The van der Waals surface area contributed by atoms with Gasteiger partial charge in [-0.2, -0.15) is 0 Å². The molecule has 1 fully saturated rings. The van der Waals surface area contributed by atoms with Crippen molar-refractivity contribution in [3.05, 3.63) is 59.3 Å². The van der Waals surface area contributed by atoms with Crippen LogP contribution in [0.3, 0.4) is 0 Å². The van der Waals surface area contributed by atoms with E-state index >= 15 is 0 Å². The molecule has 5 heteroatoms. The van der Waals surface area contributed by atoms with Crippen LogP contribution in [0, 0.1) is 12.7 Å². The summed E-state index contributed by atoms with van der Waals surface area (Å²) in [4.78, 5) is 2.14. The zero-order valence-corrected chi connectivity index (χ0v) is 14.0. The van der Waals surface area contributed by atoms with E-state index in [1.165, 1.54) is 12.1 Å². The van der Waals surface area contributed by atoms with Crippen molar-refractivity contribution in [3.63, 3.8) is 0 Å². The van der Waals surface area contributed by atoms with Crippen LogP contribution in [-0.4, -0.2) is 35.8 Å². The van der Waals surface area contributed by atoms with E-state index in [2.05, 4.69) is 4.90 Å². The Balaban J connectivity index is 1.69. The fourth-order valence-electron chi connectivity index (χ4n) is 3.26. The lowest BCUT2D eigenvalue weighted by molar-refractivity contribution is 0.0432. The number of ether oxygens (including phenoxy) is 1. The zero-order chi connectivity index (χ0) is 16.9. The summed E-state index contributed by atoms with van der Waals surface area (Å²) in [6.45, 7) is 4.44. The van der Waals surface area contributed by atoms with Crippen LogP contribution in [-0.2, 0) is 11.3 Å². The second-order valence-electron chi connectivity index (χ2n) is 6.43. The molecule has 1 saturated heterocycles. The SMILES string of the molecule is Cc1cc(F)ccc1C(O)CN(Cc1ccco1)CC1CCCO1. The molecule has 1 N–H and O–H groups in total. The van der Waals surface area contributed by atoms with Crippen molar-refractivity contribution in [2.24, 2.45) is 0 Å². The van der Waals surface area contributed by atoms with Gasteiger partial charge in [0, 0.05) is 19.7 Å². The molecule has 4 nitrogen and oxygen atoms in total. The topological polar surface area (TPSA) is 45.8 Å². The number of benzene rings is 1. The minimum absolute atomic E-state index is 0.196. The molecule has 1 aliphatic heterocycles. The third-order valence-electron chi connectivity index (χ3n) is 4.47. The molecule has 1 aromatic heterocycles. The number of hydrogen-bond acceptors (Lipinski definition) is 4. The molecule has 0 spiro atoms. The number of aryl methyl sites for hydroxylation is 1. The van der Waals surface area contributed by atoms with E-state index in [0.29, 0.717) is 13.1 Å². The average molecular weight is 333 g/mol. The first-order valence-corrected chi connectivity index (χ1v) is 8.42. The lowest BCUT2D eigenvalue weighted by atomic mass is 10.0.